The number of carbonyl (C=O) groups is 2. The fourth-order valence-corrected chi connectivity index (χ4v) is 4.84. The maximum Gasteiger partial charge on any atom is 0.341 e. The van der Waals surface area contributed by atoms with Crippen molar-refractivity contribution >= 4 is 28.2 Å². The largest absolute Gasteiger partial charge is 0.462 e. The highest BCUT2D eigenvalue weighted by atomic mass is 32.1. The molecule has 24 heavy (non-hydrogen) atoms. The van der Waals surface area contributed by atoms with Gasteiger partial charge in [-0.3, -0.25) is 4.79 Å². The van der Waals surface area contributed by atoms with Gasteiger partial charge in [0.05, 0.1) is 12.2 Å². The van der Waals surface area contributed by atoms with E-state index in [9.17, 15) is 9.59 Å². The number of ether oxygens (including phenoxy) is 2. The summed E-state index contributed by atoms with van der Waals surface area (Å²) in [6.45, 7) is 4.96. The molecule has 0 saturated carbocycles. The van der Waals surface area contributed by atoms with Crippen LogP contribution in [0, 0.1) is 5.92 Å². The van der Waals surface area contributed by atoms with Gasteiger partial charge in [0.2, 0.25) is 0 Å². The highest BCUT2D eigenvalue weighted by molar-refractivity contribution is 7.17. The number of esters is 1. The molecule has 2 heterocycles. The van der Waals surface area contributed by atoms with Crippen LogP contribution in [-0.4, -0.2) is 31.2 Å². The molecular weight excluding hydrogens is 326 g/mol. The Morgan fingerprint density at radius 1 is 1.33 bits per heavy atom. The predicted molar refractivity (Wildman–Crippen MR) is 93.7 cm³/mol. The summed E-state index contributed by atoms with van der Waals surface area (Å²) < 4.78 is 10.7. The summed E-state index contributed by atoms with van der Waals surface area (Å²) in [4.78, 5) is 26.1. The van der Waals surface area contributed by atoms with E-state index in [0.717, 1.165) is 44.1 Å². The number of hydrogen-bond donors (Lipinski definition) is 1. The third-order valence-electron chi connectivity index (χ3n) is 4.88. The fourth-order valence-electron chi connectivity index (χ4n) is 3.49. The predicted octanol–water partition coefficient (Wildman–Crippen LogP) is 3.56. The molecule has 5 nitrogen and oxygen atoms in total. The molecule has 1 N–H and O–H groups in total. The van der Waals surface area contributed by atoms with Crippen LogP contribution in [0.1, 0.15) is 60.3 Å². The van der Waals surface area contributed by atoms with Crippen molar-refractivity contribution < 1.29 is 19.1 Å². The minimum atomic E-state index is -0.400. The van der Waals surface area contributed by atoms with Crippen molar-refractivity contribution in [3.8, 4) is 0 Å². The second kappa shape index (κ2) is 7.66. The number of thiophene rings is 1. The lowest BCUT2D eigenvalue weighted by molar-refractivity contribution is -0.124. The van der Waals surface area contributed by atoms with E-state index in [1.165, 1.54) is 16.2 Å². The van der Waals surface area contributed by atoms with Gasteiger partial charge in [0.25, 0.3) is 5.91 Å². The lowest BCUT2D eigenvalue weighted by atomic mass is 9.85. The average Bonchev–Trinajstić information content (AvgIpc) is 3.21. The molecule has 1 aliphatic heterocycles. The number of hydrogen-bond acceptors (Lipinski definition) is 5. The summed E-state index contributed by atoms with van der Waals surface area (Å²) in [5.74, 6) is 0.184. The molecule has 1 amide bonds. The molecule has 3 rings (SSSR count). The van der Waals surface area contributed by atoms with Gasteiger partial charge in [0.15, 0.2) is 0 Å². The second-order valence-corrected chi connectivity index (χ2v) is 7.54. The summed E-state index contributed by atoms with van der Waals surface area (Å²) in [5.41, 5.74) is 1.64. The van der Waals surface area contributed by atoms with Gasteiger partial charge >= 0.3 is 5.97 Å². The monoisotopic (exact) mass is 351 g/mol. The van der Waals surface area contributed by atoms with E-state index in [1.807, 2.05) is 0 Å². The van der Waals surface area contributed by atoms with Gasteiger partial charge in [0.1, 0.15) is 11.1 Å². The molecule has 1 aromatic heterocycles. The summed E-state index contributed by atoms with van der Waals surface area (Å²) in [5, 5.41) is 3.57. The topological polar surface area (TPSA) is 64.6 Å². The first kappa shape index (κ1) is 17.4. The molecule has 2 atom stereocenters. The number of fused-ring (bicyclic) bond motifs is 1. The molecule has 2 unspecified atom stereocenters. The van der Waals surface area contributed by atoms with Crippen LogP contribution < -0.4 is 5.32 Å². The van der Waals surface area contributed by atoms with Crippen LogP contribution in [-0.2, 0) is 27.1 Å². The summed E-state index contributed by atoms with van der Waals surface area (Å²) in [6, 6.07) is 0. The van der Waals surface area contributed by atoms with Gasteiger partial charge in [-0.1, -0.05) is 13.3 Å². The van der Waals surface area contributed by atoms with Crippen LogP contribution in [0.5, 0.6) is 0 Å². The number of nitrogens with one attached hydrogen (secondary N) is 1. The maximum atomic E-state index is 12.5. The van der Waals surface area contributed by atoms with Crippen LogP contribution in [0.4, 0.5) is 5.00 Å². The zero-order chi connectivity index (χ0) is 17.1. The molecule has 1 fully saturated rings. The number of carbonyl (C=O) groups excluding carboxylic acids is 2. The number of amides is 1. The van der Waals surface area contributed by atoms with Crippen LogP contribution in [0.25, 0.3) is 0 Å². The van der Waals surface area contributed by atoms with Crippen molar-refractivity contribution in [2.75, 3.05) is 18.5 Å². The van der Waals surface area contributed by atoms with E-state index in [4.69, 9.17) is 9.47 Å². The van der Waals surface area contributed by atoms with Crippen LogP contribution in [0.3, 0.4) is 0 Å². The van der Waals surface area contributed by atoms with Crippen molar-refractivity contribution in [3.05, 3.63) is 16.0 Å². The first-order valence-corrected chi connectivity index (χ1v) is 9.69. The Balaban J connectivity index is 1.87. The Labute approximate surface area is 146 Å². The second-order valence-electron chi connectivity index (χ2n) is 6.44. The van der Waals surface area contributed by atoms with Gasteiger partial charge in [-0.25, -0.2) is 4.79 Å². The molecule has 0 radical (unpaired) electrons. The molecule has 1 saturated heterocycles. The molecule has 1 aliphatic carbocycles. The normalized spacial score (nSPS) is 22.9. The molecule has 0 spiro atoms. The van der Waals surface area contributed by atoms with E-state index in [0.29, 0.717) is 29.7 Å². The van der Waals surface area contributed by atoms with E-state index in [2.05, 4.69) is 12.2 Å². The Morgan fingerprint density at radius 2 is 2.17 bits per heavy atom. The lowest BCUT2D eigenvalue weighted by Crippen LogP contribution is -2.27. The van der Waals surface area contributed by atoms with Crippen LogP contribution in [0.2, 0.25) is 0 Å². The first-order valence-electron chi connectivity index (χ1n) is 8.88. The van der Waals surface area contributed by atoms with E-state index in [1.54, 1.807) is 6.92 Å². The Morgan fingerprint density at radius 3 is 2.83 bits per heavy atom. The van der Waals surface area contributed by atoms with Crippen LogP contribution in [0.15, 0.2) is 0 Å². The van der Waals surface area contributed by atoms with Gasteiger partial charge in [-0.15, -0.1) is 11.3 Å². The highest BCUT2D eigenvalue weighted by Gasteiger charge is 2.31. The Kier molecular flexibility index (Phi) is 5.56. The molecule has 0 bridgehead atoms. The zero-order valence-electron chi connectivity index (χ0n) is 14.4. The van der Waals surface area contributed by atoms with Crippen molar-refractivity contribution in [3.63, 3.8) is 0 Å². The summed E-state index contributed by atoms with van der Waals surface area (Å²) in [7, 11) is 0. The summed E-state index contributed by atoms with van der Waals surface area (Å²) >= 11 is 1.53. The van der Waals surface area contributed by atoms with Gasteiger partial charge < -0.3 is 14.8 Å². The molecule has 132 valence electrons. The van der Waals surface area contributed by atoms with Crippen molar-refractivity contribution in [1.82, 2.24) is 0 Å². The molecule has 0 aromatic carbocycles. The van der Waals surface area contributed by atoms with E-state index < -0.39 is 6.10 Å². The Bertz CT molecular complexity index is 619. The summed E-state index contributed by atoms with van der Waals surface area (Å²) in [6.07, 6.45) is 5.34. The minimum Gasteiger partial charge on any atom is -0.462 e. The number of anilines is 1. The van der Waals surface area contributed by atoms with Gasteiger partial charge in [-0.2, -0.15) is 0 Å². The zero-order valence-corrected chi connectivity index (χ0v) is 15.2. The van der Waals surface area contributed by atoms with Gasteiger partial charge in [0, 0.05) is 11.5 Å². The van der Waals surface area contributed by atoms with Crippen molar-refractivity contribution in [2.24, 2.45) is 5.92 Å². The van der Waals surface area contributed by atoms with E-state index >= 15 is 0 Å². The van der Waals surface area contributed by atoms with E-state index in [-0.39, 0.29) is 11.9 Å². The minimum absolute atomic E-state index is 0.149. The quantitative estimate of drug-likeness (QED) is 0.824. The lowest BCUT2D eigenvalue weighted by Gasteiger charge is -2.21. The van der Waals surface area contributed by atoms with Gasteiger partial charge in [-0.05, 0) is 50.5 Å². The number of rotatable bonds is 5. The molecule has 6 heteroatoms. The van der Waals surface area contributed by atoms with Crippen molar-refractivity contribution in [1.29, 1.82) is 0 Å². The smallest absolute Gasteiger partial charge is 0.341 e. The third-order valence-corrected chi connectivity index (χ3v) is 6.05. The molecular formula is C18H25NO4S. The SMILES string of the molecule is CCOC(=O)c1c(NC(=O)C2CCCO2)sc2c1CCC(CC)C2. The fraction of sp³-hybridized carbons (Fsp3) is 0.667. The van der Waals surface area contributed by atoms with Crippen LogP contribution >= 0.6 is 11.3 Å². The standard InChI is InChI=1S/C18H25NO4S/c1-3-11-7-8-12-14(10-11)24-17(15(12)18(21)22-4-2)19-16(20)13-6-5-9-23-13/h11,13H,3-10H2,1-2H3,(H,19,20). The molecule has 2 aliphatic rings. The van der Waals surface area contributed by atoms with Crippen molar-refractivity contribution in [2.45, 2.75) is 58.5 Å². The average molecular weight is 351 g/mol. The third kappa shape index (κ3) is 3.49. The maximum absolute atomic E-state index is 12.5. The highest BCUT2D eigenvalue weighted by Crippen LogP contribution is 2.41. The Hall–Kier alpha value is -1.40. The first-order chi connectivity index (χ1) is 11.6. The molecule has 1 aromatic rings.